The number of hydrogen-bond donors (Lipinski definition) is 2. The number of H-pyrrole nitrogens is 1. The van der Waals surface area contributed by atoms with Gasteiger partial charge in [0.1, 0.15) is 5.82 Å². The maximum atomic E-state index is 11.2. The van der Waals surface area contributed by atoms with E-state index in [-0.39, 0.29) is 6.42 Å². The summed E-state index contributed by atoms with van der Waals surface area (Å²) in [6.45, 7) is 2.69. The number of nitrogens with zero attached hydrogens (tertiary/aromatic N) is 4. The maximum absolute atomic E-state index is 11.2. The van der Waals surface area contributed by atoms with Crippen molar-refractivity contribution >= 4 is 5.91 Å². The second-order valence-corrected chi connectivity index (χ2v) is 6.19. The zero-order valence-corrected chi connectivity index (χ0v) is 14.3. The first kappa shape index (κ1) is 16.9. The number of amides is 1. The summed E-state index contributed by atoms with van der Waals surface area (Å²) >= 11 is 0. The van der Waals surface area contributed by atoms with Crippen molar-refractivity contribution in [2.45, 2.75) is 39.2 Å². The third kappa shape index (κ3) is 4.76. The van der Waals surface area contributed by atoms with Crippen LogP contribution < -0.4 is 5.73 Å². The zero-order chi connectivity index (χ0) is 17.6. The number of carbonyl (C=O) groups is 1. The van der Waals surface area contributed by atoms with Crippen molar-refractivity contribution < 1.29 is 4.79 Å². The summed E-state index contributed by atoms with van der Waals surface area (Å²) in [5, 5.41) is 11.2. The largest absolute Gasteiger partial charge is 0.369 e. The fourth-order valence-corrected chi connectivity index (χ4v) is 2.70. The Balaban J connectivity index is 1.72. The van der Waals surface area contributed by atoms with Crippen LogP contribution in [0.2, 0.25) is 0 Å². The summed E-state index contributed by atoms with van der Waals surface area (Å²) in [7, 11) is 0. The molecule has 3 N–H and O–H groups in total. The minimum Gasteiger partial charge on any atom is -0.369 e. The van der Waals surface area contributed by atoms with Gasteiger partial charge in [0, 0.05) is 12.6 Å². The molecule has 0 spiro atoms. The van der Waals surface area contributed by atoms with Crippen molar-refractivity contribution in [1.29, 1.82) is 0 Å². The number of aryl methyl sites for hydroxylation is 3. The molecule has 2 aromatic heterocycles. The topological polar surface area (TPSA) is 102 Å². The van der Waals surface area contributed by atoms with Crippen LogP contribution in [-0.2, 0) is 30.6 Å². The lowest BCUT2D eigenvalue weighted by Gasteiger charge is -2.06. The van der Waals surface area contributed by atoms with Crippen LogP contribution in [0.15, 0.2) is 36.7 Å². The van der Waals surface area contributed by atoms with E-state index >= 15 is 0 Å². The van der Waals surface area contributed by atoms with Crippen LogP contribution in [0.5, 0.6) is 0 Å². The van der Waals surface area contributed by atoms with E-state index in [1.165, 1.54) is 11.1 Å². The molecule has 2 heterocycles. The molecule has 25 heavy (non-hydrogen) atoms. The lowest BCUT2D eigenvalue weighted by molar-refractivity contribution is -0.117. The van der Waals surface area contributed by atoms with Crippen LogP contribution in [0.1, 0.15) is 34.8 Å². The Morgan fingerprint density at radius 2 is 2.00 bits per heavy atom. The molecule has 0 unspecified atom stereocenters. The Morgan fingerprint density at radius 3 is 2.68 bits per heavy atom. The van der Waals surface area contributed by atoms with Gasteiger partial charge in [0.2, 0.25) is 5.91 Å². The van der Waals surface area contributed by atoms with Gasteiger partial charge in [-0.2, -0.15) is 10.2 Å². The summed E-state index contributed by atoms with van der Waals surface area (Å²) in [6, 6.07) is 8.32. The van der Waals surface area contributed by atoms with Crippen molar-refractivity contribution in [2.75, 3.05) is 0 Å². The Kier molecular flexibility index (Phi) is 5.23. The molecule has 0 saturated carbocycles. The highest BCUT2D eigenvalue weighted by Gasteiger charge is 2.12. The molecule has 130 valence electrons. The third-order valence-corrected chi connectivity index (χ3v) is 4.00. The maximum Gasteiger partial charge on any atom is 0.225 e. The van der Waals surface area contributed by atoms with Gasteiger partial charge in [-0.3, -0.25) is 9.89 Å². The van der Waals surface area contributed by atoms with Gasteiger partial charge in [-0.15, -0.1) is 0 Å². The molecule has 3 rings (SSSR count). The second-order valence-electron chi connectivity index (χ2n) is 6.19. The van der Waals surface area contributed by atoms with E-state index < -0.39 is 5.91 Å². The van der Waals surface area contributed by atoms with Crippen molar-refractivity contribution in [3.05, 3.63) is 65.0 Å². The number of nitrogens with two attached hydrogens (primary N) is 1. The number of carbonyl (C=O) groups excluding carboxylic acids is 1. The molecule has 7 heteroatoms. The summed E-state index contributed by atoms with van der Waals surface area (Å²) < 4.78 is 1.87. The molecule has 0 atom stereocenters. The van der Waals surface area contributed by atoms with E-state index in [0.29, 0.717) is 12.4 Å². The molecule has 0 fully saturated rings. The van der Waals surface area contributed by atoms with Crippen LogP contribution in [-0.4, -0.2) is 30.9 Å². The normalized spacial score (nSPS) is 10.9. The molecule has 0 saturated heterocycles. The molecular weight excluding hydrogens is 316 g/mol. The van der Waals surface area contributed by atoms with Gasteiger partial charge in [0.25, 0.3) is 0 Å². The van der Waals surface area contributed by atoms with E-state index in [2.05, 4.69) is 51.5 Å². The van der Waals surface area contributed by atoms with E-state index in [0.717, 1.165) is 30.7 Å². The fourth-order valence-electron chi connectivity index (χ4n) is 2.70. The first-order valence-corrected chi connectivity index (χ1v) is 8.34. The van der Waals surface area contributed by atoms with Crippen LogP contribution in [0.25, 0.3) is 0 Å². The average Bonchev–Trinajstić information content (AvgIpc) is 3.20. The fraction of sp³-hybridized carbons (Fsp3) is 0.333. The van der Waals surface area contributed by atoms with Crippen LogP contribution >= 0.6 is 0 Å². The number of aromatic nitrogens is 5. The van der Waals surface area contributed by atoms with Crippen molar-refractivity contribution in [3.63, 3.8) is 0 Å². The summed E-state index contributed by atoms with van der Waals surface area (Å²) in [6.07, 6.45) is 6.42. The van der Waals surface area contributed by atoms with Crippen molar-refractivity contribution in [3.8, 4) is 0 Å². The number of hydrogen-bond acceptors (Lipinski definition) is 4. The van der Waals surface area contributed by atoms with Gasteiger partial charge < -0.3 is 5.73 Å². The first-order valence-electron chi connectivity index (χ1n) is 8.34. The molecule has 1 aromatic carbocycles. The highest BCUT2D eigenvalue weighted by atomic mass is 16.1. The lowest BCUT2D eigenvalue weighted by Crippen LogP contribution is -2.15. The van der Waals surface area contributed by atoms with Gasteiger partial charge in [-0.05, 0) is 30.9 Å². The molecule has 0 radical (unpaired) electrons. The lowest BCUT2D eigenvalue weighted by atomic mass is 10.1. The van der Waals surface area contributed by atoms with Crippen molar-refractivity contribution in [2.24, 2.45) is 5.73 Å². The number of primary amides is 1. The summed E-state index contributed by atoms with van der Waals surface area (Å²) in [4.78, 5) is 15.7. The molecule has 0 aliphatic carbocycles. The third-order valence-electron chi connectivity index (χ3n) is 4.00. The number of aromatic amines is 1. The first-order chi connectivity index (χ1) is 12.1. The molecule has 0 aliphatic heterocycles. The van der Waals surface area contributed by atoms with Crippen molar-refractivity contribution in [1.82, 2.24) is 25.0 Å². The highest BCUT2D eigenvalue weighted by Crippen LogP contribution is 2.11. The smallest absolute Gasteiger partial charge is 0.225 e. The van der Waals surface area contributed by atoms with Gasteiger partial charge >= 0.3 is 0 Å². The predicted octanol–water partition coefficient (Wildman–Crippen LogP) is 1.56. The van der Waals surface area contributed by atoms with E-state index in [1.807, 2.05) is 17.1 Å². The van der Waals surface area contributed by atoms with Crippen LogP contribution in [0.4, 0.5) is 0 Å². The van der Waals surface area contributed by atoms with Crippen LogP contribution in [0, 0.1) is 6.92 Å². The monoisotopic (exact) mass is 338 g/mol. The van der Waals surface area contributed by atoms with Gasteiger partial charge in [-0.1, -0.05) is 29.8 Å². The number of nitrogens with one attached hydrogen (secondary N) is 1. The standard InChI is InChI=1S/C18H22N6O/c1-13-5-7-14(8-6-13)12-24-18(22-17(23-24)9-16(19)25)4-2-3-15-10-20-21-11-15/h5-8,10-11H,2-4,9,12H2,1H3,(H2,19,25)(H,20,21). The Labute approximate surface area is 146 Å². The molecule has 7 nitrogen and oxygen atoms in total. The molecule has 3 aromatic rings. The predicted molar refractivity (Wildman–Crippen MR) is 93.8 cm³/mol. The molecular formula is C18H22N6O. The second kappa shape index (κ2) is 7.74. The Bertz CT molecular complexity index is 820. The minimum atomic E-state index is -0.419. The number of benzene rings is 1. The van der Waals surface area contributed by atoms with E-state index in [4.69, 9.17) is 5.73 Å². The van der Waals surface area contributed by atoms with Gasteiger partial charge in [0.15, 0.2) is 5.82 Å². The quantitative estimate of drug-likeness (QED) is 0.650. The zero-order valence-electron chi connectivity index (χ0n) is 14.3. The highest BCUT2D eigenvalue weighted by molar-refractivity contribution is 5.75. The Hall–Kier alpha value is -2.96. The number of rotatable bonds is 8. The average molecular weight is 338 g/mol. The molecule has 1 amide bonds. The SMILES string of the molecule is Cc1ccc(Cn2nc(CC(N)=O)nc2CCCc2cn[nH]c2)cc1. The van der Waals surface area contributed by atoms with E-state index in [1.54, 1.807) is 0 Å². The molecule has 0 bridgehead atoms. The summed E-state index contributed by atoms with van der Waals surface area (Å²) in [5.41, 5.74) is 8.82. The molecule has 0 aliphatic rings. The van der Waals surface area contributed by atoms with Gasteiger partial charge in [0.05, 0.1) is 19.2 Å². The Morgan fingerprint density at radius 1 is 1.20 bits per heavy atom. The van der Waals surface area contributed by atoms with E-state index in [9.17, 15) is 4.79 Å². The van der Waals surface area contributed by atoms with Crippen LogP contribution in [0.3, 0.4) is 0 Å². The summed E-state index contributed by atoms with van der Waals surface area (Å²) in [5.74, 6) is 0.940. The van der Waals surface area contributed by atoms with Gasteiger partial charge in [-0.25, -0.2) is 9.67 Å². The minimum absolute atomic E-state index is 0.0651.